The smallest absolute Gasteiger partial charge is 0.229 e. The molecule has 1 heterocycles. The molecule has 1 amide bonds. The summed E-state index contributed by atoms with van der Waals surface area (Å²) >= 11 is 1.53. The maximum atomic E-state index is 12.3. The van der Waals surface area contributed by atoms with E-state index >= 15 is 0 Å². The van der Waals surface area contributed by atoms with E-state index in [1.165, 1.54) is 11.3 Å². The maximum absolute atomic E-state index is 12.3. The highest BCUT2D eigenvalue weighted by Gasteiger charge is 2.35. The predicted molar refractivity (Wildman–Crippen MR) is 99.2 cm³/mol. The van der Waals surface area contributed by atoms with Crippen LogP contribution in [0.4, 0.5) is 5.69 Å². The molecule has 0 bridgehead atoms. The highest BCUT2D eigenvalue weighted by molar-refractivity contribution is 7.10. The van der Waals surface area contributed by atoms with Crippen molar-refractivity contribution in [2.75, 3.05) is 5.32 Å². The molecule has 0 unspecified atom stereocenters. The van der Waals surface area contributed by atoms with E-state index in [9.17, 15) is 19.2 Å². The molecule has 2 aromatic rings. The van der Waals surface area contributed by atoms with Crippen molar-refractivity contribution in [1.29, 1.82) is 0 Å². The fourth-order valence-corrected chi connectivity index (χ4v) is 3.75. The number of thiophene rings is 1. The molecular formula is C20H19NO4S. The van der Waals surface area contributed by atoms with Gasteiger partial charge in [-0.15, -0.1) is 11.3 Å². The van der Waals surface area contributed by atoms with Gasteiger partial charge in [0.25, 0.3) is 0 Å². The Balaban J connectivity index is 1.57. The molecule has 6 heteroatoms. The van der Waals surface area contributed by atoms with Crippen molar-refractivity contribution in [3.8, 4) is 0 Å². The Morgan fingerprint density at radius 2 is 1.69 bits per heavy atom. The average Bonchev–Trinajstić information content (AvgIpc) is 3.09. The Labute approximate surface area is 155 Å². The van der Waals surface area contributed by atoms with E-state index in [1.807, 2.05) is 17.5 Å². The number of rotatable bonds is 6. The molecule has 0 radical (unpaired) electrons. The first-order valence-electron chi connectivity index (χ1n) is 8.52. The number of hydrogen-bond donors (Lipinski definition) is 1. The normalized spacial score (nSPS) is 15.1. The number of hydrogen-bond acceptors (Lipinski definition) is 5. The van der Waals surface area contributed by atoms with Crippen LogP contribution >= 0.6 is 11.3 Å². The van der Waals surface area contributed by atoms with Crippen LogP contribution in [0.25, 0.3) is 0 Å². The number of Topliss-reactive ketones (excluding diaryl/α,β-unsaturated/α-hetero) is 3. The minimum absolute atomic E-state index is 0.0472. The molecule has 3 rings (SSSR count). The molecule has 5 nitrogen and oxygen atoms in total. The number of amides is 1. The number of nitrogens with one attached hydrogen (secondary N) is 1. The molecule has 134 valence electrons. The van der Waals surface area contributed by atoms with Gasteiger partial charge < -0.3 is 5.32 Å². The molecule has 1 aliphatic rings. The van der Waals surface area contributed by atoms with Crippen LogP contribution in [0.2, 0.25) is 0 Å². The average molecular weight is 369 g/mol. The number of anilines is 1. The van der Waals surface area contributed by atoms with Gasteiger partial charge >= 0.3 is 0 Å². The van der Waals surface area contributed by atoms with Crippen LogP contribution in [-0.4, -0.2) is 23.3 Å². The highest BCUT2D eigenvalue weighted by atomic mass is 32.1. The Morgan fingerprint density at radius 3 is 2.31 bits per heavy atom. The lowest BCUT2D eigenvalue weighted by Gasteiger charge is -2.18. The van der Waals surface area contributed by atoms with Crippen LogP contribution in [-0.2, 0) is 32.0 Å². The van der Waals surface area contributed by atoms with Gasteiger partial charge in [-0.1, -0.05) is 18.2 Å². The molecule has 1 saturated carbocycles. The van der Waals surface area contributed by atoms with E-state index in [-0.39, 0.29) is 29.7 Å². The lowest BCUT2D eigenvalue weighted by Crippen LogP contribution is -2.36. The van der Waals surface area contributed by atoms with Gasteiger partial charge in [0.05, 0.1) is 6.42 Å². The summed E-state index contributed by atoms with van der Waals surface area (Å²) in [6.07, 6.45) is 1.52. The van der Waals surface area contributed by atoms with Crippen molar-refractivity contribution in [3.63, 3.8) is 0 Å². The zero-order valence-electron chi connectivity index (χ0n) is 14.2. The molecule has 0 aliphatic heterocycles. The van der Waals surface area contributed by atoms with Crippen molar-refractivity contribution in [3.05, 3.63) is 52.2 Å². The van der Waals surface area contributed by atoms with Gasteiger partial charge in [0, 0.05) is 29.8 Å². The minimum atomic E-state index is -1.09. The summed E-state index contributed by atoms with van der Waals surface area (Å²) in [5.74, 6) is -2.05. The topological polar surface area (TPSA) is 80.3 Å². The van der Waals surface area contributed by atoms with Gasteiger partial charge in [0.1, 0.15) is 5.92 Å². The Bertz CT molecular complexity index is 808. The first kappa shape index (κ1) is 18.2. The summed E-state index contributed by atoms with van der Waals surface area (Å²) in [7, 11) is 0. The quantitative estimate of drug-likeness (QED) is 0.794. The van der Waals surface area contributed by atoms with Crippen molar-refractivity contribution in [2.45, 2.75) is 32.1 Å². The maximum Gasteiger partial charge on any atom is 0.229 e. The van der Waals surface area contributed by atoms with Crippen LogP contribution in [0, 0.1) is 5.92 Å². The molecule has 1 aromatic carbocycles. The molecule has 1 fully saturated rings. The third-order valence-corrected chi connectivity index (χ3v) is 5.22. The fourth-order valence-electron chi connectivity index (χ4n) is 3.05. The lowest BCUT2D eigenvalue weighted by atomic mass is 9.82. The van der Waals surface area contributed by atoms with E-state index in [0.29, 0.717) is 31.4 Å². The highest BCUT2D eigenvalue weighted by Crippen LogP contribution is 2.20. The zero-order valence-corrected chi connectivity index (χ0v) is 15.0. The molecule has 1 aliphatic carbocycles. The summed E-state index contributed by atoms with van der Waals surface area (Å²) in [4.78, 5) is 49.0. The first-order valence-corrected chi connectivity index (χ1v) is 9.40. The van der Waals surface area contributed by atoms with Crippen molar-refractivity contribution in [2.24, 2.45) is 5.92 Å². The van der Waals surface area contributed by atoms with Gasteiger partial charge in [0.2, 0.25) is 5.91 Å². The van der Waals surface area contributed by atoms with E-state index in [1.54, 1.807) is 24.3 Å². The zero-order chi connectivity index (χ0) is 18.5. The van der Waals surface area contributed by atoms with E-state index in [2.05, 4.69) is 5.32 Å². The van der Waals surface area contributed by atoms with Gasteiger partial charge in [-0.05, 0) is 35.6 Å². The van der Waals surface area contributed by atoms with E-state index < -0.39 is 5.92 Å². The summed E-state index contributed by atoms with van der Waals surface area (Å²) in [5.41, 5.74) is 1.37. The molecule has 1 aromatic heterocycles. The van der Waals surface area contributed by atoms with E-state index in [4.69, 9.17) is 0 Å². The van der Waals surface area contributed by atoms with Crippen LogP contribution in [0.3, 0.4) is 0 Å². The Morgan fingerprint density at radius 1 is 1.00 bits per heavy atom. The third kappa shape index (κ3) is 4.52. The van der Waals surface area contributed by atoms with Crippen LogP contribution < -0.4 is 5.32 Å². The number of carbonyl (C=O) groups excluding carboxylic acids is 4. The monoisotopic (exact) mass is 369 g/mol. The van der Waals surface area contributed by atoms with Crippen LogP contribution in [0.15, 0.2) is 41.8 Å². The second kappa shape index (κ2) is 8.19. The second-order valence-electron chi connectivity index (χ2n) is 6.36. The third-order valence-electron chi connectivity index (χ3n) is 4.34. The molecule has 0 spiro atoms. The number of ketones is 3. The molecule has 26 heavy (non-hydrogen) atoms. The standard InChI is InChI=1S/C20H19NO4S/c22-16-4-1-5-17(23)20(16)18(24)11-13-6-8-14(9-7-13)21-19(25)12-15-3-2-10-26-15/h2-3,6-10,20H,1,4-5,11-12H2,(H,21,25). The molecule has 0 atom stereocenters. The van der Waals surface area contributed by atoms with Crippen LogP contribution in [0.5, 0.6) is 0 Å². The Hall–Kier alpha value is -2.60. The summed E-state index contributed by atoms with van der Waals surface area (Å²) in [6, 6.07) is 10.7. The molecule has 0 saturated heterocycles. The summed E-state index contributed by atoms with van der Waals surface area (Å²) < 4.78 is 0. The Kier molecular flexibility index (Phi) is 5.73. The molecular weight excluding hydrogens is 350 g/mol. The first-order chi connectivity index (χ1) is 12.5. The van der Waals surface area contributed by atoms with E-state index in [0.717, 1.165) is 10.4 Å². The van der Waals surface area contributed by atoms with Gasteiger partial charge in [-0.2, -0.15) is 0 Å². The summed E-state index contributed by atoms with van der Waals surface area (Å²) in [5, 5.41) is 4.74. The summed E-state index contributed by atoms with van der Waals surface area (Å²) in [6.45, 7) is 0. The number of carbonyl (C=O) groups is 4. The van der Waals surface area contributed by atoms with Crippen molar-refractivity contribution in [1.82, 2.24) is 0 Å². The van der Waals surface area contributed by atoms with Crippen LogP contribution in [0.1, 0.15) is 29.7 Å². The molecule has 1 N–H and O–H groups in total. The minimum Gasteiger partial charge on any atom is -0.326 e. The van der Waals surface area contributed by atoms with Gasteiger partial charge in [-0.3, -0.25) is 19.2 Å². The second-order valence-corrected chi connectivity index (χ2v) is 7.40. The van der Waals surface area contributed by atoms with Crippen molar-refractivity contribution < 1.29 is 19.2 Å². The van der Waals surface area contributed by atoms with Gasteiger partial charge in [-0.25, -0.2) is 0 Å². The largest absolute Gasteiger partial charge is 0.326 e. The lowest BCUT2D eigenvalue weighted by molar-refractivity contribution is -0.141. The predicted octanol–water partition coefficient (Wildman–Crippen LogP) is 2.98. The number of benzene rings is 1. The van der Waals surface area contributed by atoms with Crippen molar-refractivity contribution >= 4 is 40.3 Å². The van der Waals surface area contributed by atoms with Gasteiger partial charge in [0.15, 0.2) is 17.3 Å². The fraction of sp³-hybridized carbons (Fsp3) is 0.300. The SMILES string of the molecule is O=C(Cc1cccs1)Nc1ccc(CC(=O)C2C(=O)CCCC2=O)cc1.